The fraction of sp³-hybridized carbons (Fsp3) is 0.571. The van der Waals surface area contributed by atoms with E-state index in [-0.39, 0.29) is 0 Å². The predicted molar refractivity (Wildman–Crippen MR) is 75.8 cm³/mol. The van der Waals surface area contributed by atoms with Crippen LogP contribution in [0.4, 0.5) is 11.8 Å². The molecule has 4 heterocycles. The van der Waals surface area contributed by atoms with Crippen LogP contribution in [0.3, 0.4) is 0 Å². The number of aryl methyl sites for hydroxylation is 2. The lowest BCUT2D eigenvalue weighted by atomic mass is 9.97. The molecule has 3 aliphatic rings. The average molecular weight is 274 g/mol. The molecule has 0 fully saturated rings. The summed E-state index contributed by atoms with van der Waals surface area (Å²) in [7, 11) is 0. The van der Waals surface area contributed by atoms with E-state index in [0.29, 0.717) is 0 Å². The Labute approximate surface area is 116 Å². The van der Waals surface area contributed by atoms with Crippen molar-refractivity contribution in [3.8, 4) is 0 Å². The summed E-state index contributed by atoms with van der Waals surface area (Å²) >= 11 is 2.04. The van der Waals surface area contributed by atoms with E-state index in [1.54, 1.807) is 10.4 Å². The number of hydrogen-bond donors (Lipinski definition) is 2. The Morgan fingerprint density at radius 2 is 1.79 bits per heavy atom. The van der Waals surface area contributed by atoms with Crippen LogP contribution in [-0.2, 0) is 25.9 Å². The molecule has 0 spiro atoms. The fourth-order valence-electron chi connectivity index (χ4n) is 3.83. The Kier molecular flexibility index (Phi) is 1.97. The maximum atomic E-state index is 3.63. The minimum absolute atomic E-state index is 1.07. The normalized spacial score (nSPS) is 19.8. The van der Waals surface area contributed by atoms with Crippen LogP contribution < -0.4 is 19.8 Å². The van der Waals surface area contributed by atoms with E-state index in [0.717, 1.165) is 26.2 Å². The molecule has 5 rings (SSSR count). The van der Waals surface area contributed by atoms with E-state index in [2.05, 4.69) is 19.8 Å². The smallest absolute Gasteiger partial charge is 0.269 e. The molecule has 0 aromatic carbocycles. The van der Waals surface area contributed by atoms with Gasteiger partial charge in [-0.05, 0) is 31.2 Å². The SMILES string of the molecule is C1CCc2c(sc3c2c2[n+](c4[n+]3CCN4)CCN2)C1. The molecule has 0 amide bonds. The van der Waals surface area contributed by atoms with Crippen molar-refractivity contribution < 1.29 is 9.13 Å². The third-order valence-corrected chi connectivity index (χ3v) is 5.98. The van der Waals surface area contributed by atoms with Gasteiger partial charge in [0.1, 0.15) is 31.6 Å². The molecule has 2 aromatic heterocycles. The van der Waals surface area contributed by atoms with Crippen LogP contribution >= 0.6 is 11.3 Å². The first-order valence-corrected chi connectivity index (χ1v) is 8.17. The summed E-state index contributed by atoms with van der Waals surface area (Å²) in [5.74, 6) is 2.68. The summed E-state index contributed by atoms with van der Waals surface area (Å²) in [5.41, 5.74) is 1.65. The van der Waals surface area contributed by atoms with Crippen LogP contribution in [0.2, 0.25) is 0 Å². The Morgan fingerprint density at radius 1 is 0.947 bits per heavy atom. The zero-order chi connectivity index (χ0) is 12.4. The molecular weight excluding hydrogens is 256 g/mol. The van der Waals surface area contributed by atoms with E-state index in [1.807, 2.05) is 11.3 Å². The van der Waals surface area contributed by atoms with Crippen LogP contribution in [-0.4, -0.2) is 13.1 Å². The van der Waals surface area contributed by atoms with Crippen molar-refractivity contribution in [2.45, 2.75) is 38.8 Å². The van der Waals surface area contributed by atoms with E-state index < -0.39 is 0 Å². The topological polar surface area (TPSA) is 31.8 Å². The quantitative estimate of drug-likeness (QED) is 0.708. The highest BCUT2D eigenvalue weighted by atomic mass is 32.1. The summed E-state index contributed by atoms with van der Waals surface area (Å²) in [6.45, 7) is 4.35. The van der Waals surface area contributed by atoms with Crippen molar-refractivity contribution in [1.29, 1.82) is 0 Å². The van der Waals surface area contributed by atoms with Crippen molar-refractivity contribution in [1.82, 2.24) is 0 Å². The van der Waals surface area contributed by atoms with E-state index in [9.17, 15) is 0 Å². The summed E-state index contributed by atoms with van der Waals surface area (Å²) in [5, 5.41) is 8.72. The van der Waals surface area contributed by atoms with Gasteiger partial charge in [-0.25, -0.2) is 5.32 Å². The first kappa shape index (κ1) is 10.4. The van der Waals surface area contributed by atoms with E-state index >= 15 is 0 Å². The van der Waals surface area contributed by atoms with Gasteiger partial charge >= 0.3 is 5.95 Å². The molecule has 0 saturated carbocycles. The third kappa shape index (κ3) is 1.24. The van der Waals surface area contributed by atoms with Crippen molar-refractivity contribution in [2.75, 3.05) is 23.7 Å². The Balaban J connectivity index is 1.95. The minimum atomic E-state index is 1.07. The summed E-state index contributed by atoms with van der Waals surface area (Å²) in [6, 6.07) is 0. The van der Waals surface area contributed by atoms with E-state index in [1.165, 1.54) is 47.7 Å². The number of nitrogens with zero attached hydrogens (tertiary/aromatic N) is 2. The molecule has 1 aliphatic carbocycles. The predicted octanol–water partition coefficient (Wildman–Crippen LogP) is 1.21. The lowest BCUT2D eigenvalue weighted by Gasteiger charge is -2.10. The molecule has 0 unspecified atom stereocenters. The molecule has 0 atom stereocenters. The van der Waals surface area contributed by atoms with Gasteiger partial charge in [-0.2, -0.15) is 9.13 Å². The summed E-state index contributed by atoms with van der Waals surface area (Å²) < 4.78 is 4.96. The molecule has 0 saturated heterocycles. The maximum absolute atomic E-state index is 3.63. The van der Waals surface area contributed by atoms with Gasteiger partial charge in [0.25, 0.3) is 5.82 Å². The Hall–Kier alpha value is -1.36. The van der Waals surface area contributed by atoms with Crippen molar-refractivity contribution >= 4 is 33.3 Å². The van der Waals surface area contributed by atoms with Crippen molar-refractivity contribution in [3.05, 3.63) is 10.4 Å². The van der Waals surface area contributed by atoms with Gasteiger partial charge in [-0.15, -0.1) is 0 Å². The second-order valence-electron chi connectivity index (χ2n) is 5.72. The minimum Gasteiger partial charge on any atom is -0.269 e. The van der Waals surface area contributed by atoms with Gasteiger partial charge in [-0.3, -0.25) is 5.32 Å². The summed E-state index contributed by atoms with van der Waals surface area (Å²) in [6.07, 6.45) is 5.29. The molecule has 19 heavy (non-hydrogen) atoms. The molecule has 0 bridgehead atoms. The first-order valence-electron chi connectivity index (χ1n) is 7.35. The Bertz CT molecular complexity index is 704. The number of hydrogen-bond acceptors (Lipinski definition) is 3. The highest BCUT2D eigenvalue weighted by molar-refractivity contribution is 7.18. The van der Waals surface area contributed by atoms with E-state index in [4.69, 9.17) is 0 Å². The third-order valence-electron chi connectivity index (χ3n) is 4.66. The van der Waals surface area contributed by atoms with Crippen molar-refractivity contribution in [2.24, 2.45) is 0 Å². The molecule has 98 valence electrons. The van der Waals surface area contributed by atoms with Crippen LogP contribution in [0.25, 0.3) is 10.2 Å². The second-order valence-corrected chi connectivity index (χ2v) is 6.80. The van der Waals surface area contributed by atoms with Gasteiger partial charge in [0, 0.05) is 4.88 Å². The number of anilines is 2. The zero-order valence-electron chi connectivity index (χ0n) is 11.0. The molecular formula is C14H18N4S+2. The molecule has 2 aliphatic heterocycles. The molecule has 4 nitrogen and oxygen atoms in total. The van der Waals surface area contributed by atoms with Gasteiger partial charge in [0.15, 0.2) is 0 Å². The zero-order valence-corrected chi connectivity index (χ0v) is 11.8. The van der Waals surface area contributed by atoms with Crippen LogP contribution in [0.5, 0.6) is 0 Å². The molecule has 2 N–H and O–H groups in total. The highest BCUT2D eigenvalue weighted by Gasteiger charge is 2.39. The molecule has 2 aromatic rings. The van der Waals surface area contributed by atoms with Crippen LogP contribution in [0.1, 0.15) is 23.3 Å². The maximum Gasteiger partial charge on any atom is 0.447 e. The van der Waals surface area contributed by atoms with Gasteiger partial charge < -0.3 is 0 Å². The lowest BCUT2D eigenvalue weighted by Crippen LogP contribution is -2.45. The molecule has 5 heteroatoms. The van der Waals surface area contributed by atoms with Gasteiger partial charge in [0.05, 0.1) is 0 Å². The fourth-order valence-corrected chi connectivity index (χ4v) is 5.25. The van der Waals surface area contributed by atoms with Gasteiger partial charge in [-0.1, -0.05) is 11.3 Å². The average Bonchev–Trinajstić information content (AvgIpc) is 3.14. The number of fused-ring (bicyclic) bond motifs is 8. The number of nitrogens with one attached hydrogen (secondary N) is 2. The molecule has 0 radical (unpaired) electrons. The lowest BCUT2D eigenvalue weighted by molar-refractivity contribution is -0.765. The Morgan fingerprint density at radius 3 is 2.79 bits per heavy atom. The largest absolute Gasteiger partial charge is 0.447 e. The number of thiophene rings is 1. The van der Waals surface area contributed by atoms with Crippen molar-refractivity contribution in [3.63, 3.8) is 0 Å². The highest BCUT2D eigenvalue weighted by Crippen LogP contribution is 2.38. The van der Waals surface area contributed by atoms with Crippen LogP contribution in [0.15, 0.2) is 0 Å². The second kappa shape index (κ2) is 3.60. The first-order chi connectivity index (χ1) is 9.43. The van der Waals surface area contributed by atoms with Crippen LogP contribution in [0, 0.1) is 0 Å². The van der Waals surface area contributed by atoms with Gasteiger partial charge in [0.2, 0.25) is 4.83 Å². The number of rotatable bonds is 0. The monoisotopic (exact) mass is 274 g/mol. The number of aromatic nitrogens is 2. The summed E-state index contributed by atoms with van der Waals surface area (Å²) in [4.78, 5) is 3.14. The standard InChI is InChI=1S/C14H16N4S/c1-2-4-10-9(3-1)11-12-15-5-7-17(12)14-16-6-8-18(14)13(11)19-10/h1-8H2/p+2.